The van der Waals surface area contributed by atoms with Gasteiger partial charge in [-0.2, -0.15) is 13.2 Å². The van der Waals surface area contributed by atoms with E-state index in [9.17, 15) is 31.2 Å². The fraction of sp³-hybridized carbons (Fsp3) is 0.355. The summed E-state index contributed by atoms with van der Waals surface area (Å²) >= 11 is 12.0. The lowest BCUT2D eigenvalue weighted by Crippen LogP contribution is -2.53. The first-order chi connectivity index (χ1) is 20.8. The zero-order valence-electron chi connectivity index (χ0n) is 23.9. The molecule has 3 aromatic carbocycles. The average molecular weight is 671 g/mol. The van der Waals surface area contributed by atoms with Gasteiger partial charge < -0.3 is 10.2 Å². The molecule has 0 spiro atoms. The summed E-state index contributed by atoms with van der Waals surface area (Å²) in [6.45, 7) is 0.532. The number of hydrogen-bond acceptors (Lipinski definition) is 4. The van der Waals surface area contributed by atoms with Crippen LogP contribution in [0.3, 0.4) is 0 Å². The van der Waals surface area contributed by atoms with Gasteiger partial charge in [-0.3, -0.25) is 13.9 Å². The van der Waals surface area contributed by atoms with E-state index < -0.39 is 56.9 Å². The molecular weight excluding hydrogens is 638 g/mol. The Hall–Kier alpha value is -3.28. The van der Waals surface area contributed by atoms with Crippen LogP contribution in [-0.4, -0.2) is 43.8 Å². The fourth-order valence-corrected chi connectivity index (χ4v) is 6.98. The van der Waals surface area contributed by atoms with E-state index in [2.05, 4.69) is 5.32 Å². The average Bonchev–Trinajstić information content (AvgIpc) is 2.99. The molecular formula is C31H32Cl2F3N3O4S. The van der Waals surface area contributed by atoms with Crippen molar-refractivity contribution in [3.05, 3.63) is 94.0 Å². The lowest BCUT2D eigenvalue weighted by Gasteiger charge is -2.33. The normalized spacial score (nSPS) is 15.0. The van der Waals surface area contributed by atoms with Crippen molar-refractivity contribution < 1.29 is 31.2 Å². The van der Waals surface area contributed by atoms with Gasteiger partial charge in [-0.15, -0.1) is 0 Å². The van der Waals surface area contributed by atoms with Crippen molar-refractivity contribution >= 4 is 50.7 Å². The highest BCUT2D eigenvalue weighted by Crippen LogP contribution is 2.38. The van der Waals surface area contributed by atoms with E-state index in [0.717, 1.165) is 44.2 Å². The molecule has 13 heteroatoms. The molecule has 3 aromatic rings. The maximum atomic E-state index is 14.0. The number of sulfonamides is 1. The number of hydrogen-bond donors (Lipinski definition) is 1. The Morgan fingerprint density at radius 1 is 0.955 bits per heavy atom. The smallest absolute Gasteiger partial charge is 0.352 e. The van der Waals surface area contributed by atoms with Crippen molar-refractivity contribution in [2.45, 2.75) is 68.7 Å². The Morgan fingerprint density at radius 3 is 2.27 bits per heavy atom. The molecule has 0 saturated heterocycles. The Labute approximate surface area is 265 Å². The van der Waals surface area contributed by atoms with Crippen LogP contribution in [0.5, 0.6) is 0 Å². The molecule has 1 N–H and O–H groups in total. The molecule has 0 aromatic heterocycles. The van der Waals surface area contributed by atoms with Gasteiger partial charge in [0, 0.05) is 17.6 Å². The van der Waals surface area contributed by atoms with Crippen LogP contribution < -0.4 is 9.62 Å². The Bertz CT molecular complexity index is 1580. The van der Waals surface area contributed by atoms with E-state index >= 15 is 0 Å². The van der Waals surface area contributed by atoms with E-state index in [1.807, 2.05) is 0 Å². The first-order valence-corrected chi connectivity index (χ1v) is 16.3. The SMILES string of the molecule is C[C@H](C(=O)NC1CCCCC1)N(Cc1cccc(Cl)c1)C(=O)CN(c1ccc(Cl)c(C(F)(F)F)c1)S(=O)(=O)c1ccccc1. The number of rotatable bonds is 10. The van der Waals surface area contributed by atoms with Crippen molar-refractivity contribution in [1.29, 1.82) is 0 Å². The molecule has 1 saturated carbocycles. The van der Waals surface area contributed by atoms with Gasteiger partial charge in [0.25, 0.3) is 10.0 Å². The van der Waals surface area contributed by atoms with Gasteiger partial charge in [0.1, 0.15) is 12.6 Å². The second-order valence-corrected chi connectivity index (χ2v) is 13.4. The zero-order valence-corrected chi connectivity index (χ0v) is 26.2. The largest absolute Gasteiger partial charge is 0.417 e. The number of carbonyl (C=O) groups excluding carboxylic acids is 2. The highest BCUT2D eigenvalue weighted by molar-refractivity contribution is 7.92. The molecule has 44 heavy (non-hydrogen) atoms. The van der Waals surface area contributed by atoms with Crippen molar-refractivity contribution in [1.82, 2.24) is 10.2 Å². The van der Waals surface area contributed by atoms with Crippen LogP contribution in [0.25, 0.3) is 0 Å². The molecule has 0 bridgehead atoms. The standard InChI is InChI=1S/C31H32Cl2F3N3O4S/c1-21(30(41)37-24-11-4-2-5-12-24)38(19-22-9-8-10-23(32)17-22)29(40)20-39(44(42,43)26-13-6-3-7-14-26)25-15-16-28(33)27(18-25)31(34,35)36/h3,6-10,13-18,21,24H,2,4-5,11-12,19-20H2,1H3,(H,37,41)/t21-/m1/s1. The number of amides is 2. The Balaban J connectivity index is 1.74. The number of anilines is 1. The van der Waals surface area contributed by atoms with Crippen LogP contribution in [0.1, 0.15) is 50.2 Å². The molecule has 1 aliphatic rings. The van der Waals surface area contributed by atoms with E-state index in [4.69, 9.17) is 23.2 Å². The van der Waals surface area contributed by atoms with Gasteiger partial charge in [-0.25, -0.2) is 8.42 Å². The second-order valence-electron chi connectivity index (χ2n) is 10.7. The minimum atomic E-state index is -4.89. The van der Waals surface area contributed by atoms with Crippen LogP contribution in [0, 0.1) is 0 Å². The summed E-state index contributed by atoms with van der Waals surface area (Å²) in [5.41, 5.74) is -1.10. The summed E-state index contributed by atoms with van der Waals surface area (Å²) in [5, 5.41) is 2.76. The maximum Gasteiger partial charge on any atom is 0.417 e. The number of alkyl halides is 3. The first-order valence-electron chi connectivity index (χ1n) is 14.1. The highest BCUT2D eigenvalue weighted by atomic mass is 35.5. The van der Waals surface area contributed by atoms with E-state index in [0.29, 0.717) is 21.0 Å². The predicted octanol–water partition coefficient (Wildman–Crippen LogP) is 7.07. The molecule has 0 heterocycles. The first kappa shape index (κ1) is 33.6. The van der Waals surface area contributed by atoms with Gasteiger partial charge in [0.2, 0.25) is 11.8 Å². The summed E-state index contributed by atoms with van der Waals surface area (Å²) in [4.78, 5) is 28.4. The topological polar surface area (TPSA) is 86.8 Å². The minimum Gasteiger partial charge on any atom is -0.352 e. The summed E-state index contributed by atoms with van der Waals surface area (Å²) < 4.78 is 69.6. The summed E-state index contributed by atoms with van der Waals surface area (Å²) in [6, 6.07) is 15.2. The second kappa shape index (κ2) is 14.2. The monoisotopic (exact) mass is 669 g/mol. The van der Waals surface area contributed by atoms with Crippen LogP contribution in [0.2, 0.25) is 10.0 Å². The van der Waals surface area contributed by atoms with E-state index in [1.54, 1.807) is 30.3 Å². The fourth-order valence-electron chi connectivity index (χ4n) is 5.12. The number of benzene rings is 3. The Morgan fingerprint density at radius 2 is 1.64 bits per heavy atom. The lowest BCUT2D eigenvalue weighted by molar-refractivity contribution is -0.139. The molecule has 0 aliphatic heterocycles. The number of nitrogens with zero attached hydrogens (tertiary/aromatic N) is 2. The van der Waals surface area contributed by atoms with E-state index in [1.165, 1.54) is 36.1 Å². The number of nitrogens with one attached hydrogen (secondary N) is 1. The van der Waals surface area contributed by atoms with Crippen molar-refractivity contribution in [3.8, 4) is 0 Å². The molecule has 236 valence electrons. The Kier molecular flexibility index (Phi) is 10.9. The molecule has 1 aliphatic carbocycles. The molecule has 0 radical (unpaired) electrons. The van der Waals surface area contributed by atoms with Crippen LogP contribution in [0.4, 0.5) is 18.9 Å². The zero-order chi connectivity index (χ0) is 32.1. The summed E-state index contributed by atoms with van der Waals surface area (Å²) in [7, 11) is -4.55. The van der Waals surface area contributed by atoms with Gasteiger partial charge in [0.15, 0.2) is 0 Å². The molecule has 1 fully saturated rings. The van der Waals surface area contributed by atoms with Crippen molar-refractivity contribution in [2.75, 3.05) is 10.8 Å². The third-order valence-corrected chi connectivity index (χ3v) is 9.87. The summed E-state index contributed by atoms with van der Waals surface area (Å²) in [6.07, 6.45) is -0.253. The number of halogens is 5. The number of carbonyl (C=O) groups is 2. The quantitative estimate of drug-likeness (QED) is 0.250. The third-order valence-electron chi connectivity index (χ3n) is 7.51. The van der Waals surface area contributed by atoms with Crippen molar-refractivity contribution in [3.63, 3.8) is 0 Å². The summed E-state index contributed by atoms with van der Waals surface area (Å²) in [5.74, 6) is -1.23. The molecule has 0 unspecified atom stereocenters. The van der Waals surface area contributed by atoms with Crippen molar-refractivity contribution in [2.24, 2.45) is 0 Å². The van der Waals surface area contributed by atoms with E-state index in [-0.39, 0.29) is 17.5 Å². The van der Waals surface area contributed by atoms with Gasteiger partial charge in [-0.1, -0.05) is 72.8 Å². The highest BCUT2D eigenvalue weighted by Gasteiger charge is 2.37. The molecule has 2 amide bonds. The van der Waals surface area contributed by atoms with Gasteiger partial charge >= 0.3 is 6.18 Å². The van der Waals surface area contributed by atoms with Gasteiger partial charge in [0.05, 0.1) is 21.2 Å². The lowest BCUT2D eigenvalue weighted by atomic mass is 9.95. The predicted molar refractivity (Wildman–Crippen MR) is 164 cm³/mol. The van der Waals surface area contributed by atoms with Crippen LogP contribution in [0.15, 0.2) is 77.7 Å². The van der Waals surface area contributed by atoms with Gasteiger partial charge in [-0.05, 0) is 67.8 Å². The molecule has 1 atom stereocenters. The van der Waals surface area contributed by atoms with Crippen LogP contribution in [-0.2, 0) is 32.3 Å². The molecule has 7 nitrogen and oxygen atoms in total. The van der Waals surface area contributed by atoms with Crippen LogP contribution >= 0.6 is 23.2 Å². The molecule has 4 rings (SSSR count). The minimum absolute atomic E-state index is 0.0494. The maximum absolute atomic E-state index is 14.0. The third kappa shape index (κ3) is 8.25.